The van der Waals surface area contributed by atoms with Crippen LogP contribution in [0.2, 0.25) is 0 Å². The third-order valence-corrected chi connectivity index (χ3v) is 4.45. The highest BCUT2D eigenvalue weighted by molar-refractivity contribution is 7.16. The van der Waals surface area contributed by atoms with Gasteiger partial charge in [-0.2, -0.15) is 5.26 Å². The van der Waals surface area contributed by atoms with E-state index in [2.05, 4.69) is 11.4 Å². The number of nitrogens with one attached hydrogen (secondary N) is 1. The molecule has 0 fully saturated rings. The second kappa shape index (κ2) is 6.58. The molecule has 2 rings (SSSR count). The highest BCUT2D eigenvalue weighted by Gasteiger charge is 2.15. The molecule has 0 saturated carbocycles. The fraction of sp³-hybridized carbons (Fsp3) is 0.250. The van der Waals surface area contributed by atoms with E-state index < -0.39 is 5.82 Å². The molecule has 1 heterocycles. The highest BCUT2D eigenvalue weighted by Crippen LogP contribution is 2.31. The van der Waals surface area contributed by atoms with Crippen LogP contribution in [0.3, 0.4) is 0 Å². The molecule has 0 radical (unpaired) electrons. The molecule has 0 aliphatic rings. The number of halogens is 1. The number of rotatable bonds is 4. The second-order valence-corrected chi connectivity index (χ2v) is 6.02. The molecule has 4 nitrogen and oxygen atoms in total. The van der Waals surface area contributed by atoms with Crippen LogP contribution < -0.4 is 10.1 Å². The molecule has 0 aliphatic heterocycles. The molecule has 0 unspecified atom stereocenters. The topological polar surface area (TPSA) is 62.1 Å². The van der Waals surface area contributed by atoms with Crippen molar-refractivity contribution < 1.29 is 13.9 Å². The van der Waals surface area contributed by atoms with Crippen LogP contribution in [0.15, 0.2) is 18.2 Å². The van der Waals surface area contributed by atoms with E-state index >= 15 is 0 Å². The fourth-order valence-electron chi connectivity index (χ4n) is 2.03. The van der Waals surface area contributed by atoms with Crippen molar-refractivity contribution in [3.8, 4) is 11.8 Å². The van der Waals surface area contributed by atoms with Crippen LogP contribution in [0.25, 0.3) is 0 Å². The van der Waals surface area contributed by atoms with Crippen LogP contribution in [-0.4, -0.2) is 13.0 Å². The van der Waals surface area contributed by atoms with Crippen LogP contribution in [0.5, 0.6) is 5.75 Å². The Morgan fingerprint density at radius 2 is 2.18 bits per heavy atom. The van der Waals surface area contributed by atoms with Crippen molar-refractivity contribution in [2.24, 2.45) is 0 Å². The van der Waals surface area contributed by atoms with E-state index in [9.17, 15) is 9.18 Å². The number of thiophene rings is 1. The summed E-state index contributed by atoms with van der Waals surface area (Å²) in [6, 6.07) is 6.49. The van der Waals surface area contributed by atoms with Crippen LogP contribution in [0.1, 0.15) is 21.6 Å². The Labute approximate surface area is 132 Å². The summed E-state index contributed by atoms with van der Waals surface area (Å²) in [5, 5.41) is 12.4. The highest BCUT2D eigenvalue weighted by atomic mass is 32.1. The molecule has 22 heavy (non-hydrogen) atoms. The molecular weight excluding hydrogens is 303 g/mol. The van der Waals surface area contributed by atoms with Gasteiger partial charge < -0.3 is 10.1 Å². The average molecular weight is 318 g/mol. The minimum Gasteiger partial charge on any atom is -0.494 e. The van der Waals surface area contributed by atoms with E-state index in [0.29, 0.717) is 16.1 Å². The quantitative estimate of drug-likeness (QED) is 0.937. The minimum atomic E-state index is -0.506. The Kier molecular flexibility index (Phi) is 4.78. The molecule has 0 spiro atoms. The van der Waals surface area contributed by atoms with Crippen molar-refractivity contribution in [3.05, 3.63) is 45.6 Å². The summed E-state index contributed by atoms with van der Waals surface area (Å²) in [5.41, 5.74) is 1.90. The lowest BCUT2D eigenvalue weighted by molar-refractivity contribution is -0.115. The van der Waals surface area contributed by atoms with Gasteiger partial charge in [-0.1, -0.05) is 6.07 Å². The standard InChI is InChI=1S/C16H15FN2O2S/c1-9-10(2)22-16(12(9)8-18)19-15(20)7-11-4-5-14(21-3)13(17)6-11/h4-6H,7H2,1-3H3,(H,19,20). The first kappa shape index (κ1) is 16.0. The van der Waals surface area contributed by atoms with Gasteiger partial charge in [-0.15, -0.1) is 11.3 Å². The number of nitriles is 1. The van der Waals surface area contributed by atoms with E-state index in [4.69, 9.17) is 10.00 Å². The molecule has 6 heteroatoms. The van der Waals surface area contributed by atoms with E-state index in [1.807, 2.05) is 13.8 Å². The largest absolute Gasteiger partial charge is 0.494 e. The Morgan fingerprint density at radius 1 is 1.45 bits per heavy atom. The SMILES string of the molecule is COc1ccc(CC(=O)Nc2sc(C)c(C)c2C#N)cc1F. The molecule has 0 aliphatic carbocycles. The van der Waals surface area contributed by atoms with Crippen molar-refractivity contribution in [1.29, 1.82) is 5.26 Å². The molecule has 1 N–H and O–H groups in total. The van der Waals surface area contributed by atoms with Gasteiger partial charge in [0.2, 0.25) is 5.91 Å². The number of anilines is 1. The summed E-state index contributed by atoms with van der Waals surface area (Å²) in [4.78, 5) is 13.1. The molecule has 0 bridgehead atoms. The maximum absolute atomic E-state index is 13.6. The molecule has 1 aromatic carbocycles. The van der Waals surface area contributed by atoms with E-state index in [-0.39, 0.29) is 18.1 Å². The Balaban J connectivity index is 2.12. The van der Waals surface area contributed by atoms with Gasteiger partial charge in [0.05, 0.1) is 19.1 Å². The fourth-order valence-corrected chi connectivity index (χ4v) is 3.05. The Morgan fingerprint density at radius 3 is 2.77 bits per heavy atom. The molecule has 0 atom stereocenters. The summed E-state index contributed by atoms with van der Waals surface area (Å²) < 4.78 is 18.4. The van der Waals surface area contributed by atoms with Crippen LogP contribution in [0.4, 0.5) is 9.39 Å². The summed E-state index contributed by atoms with van der Waals surface area (Å²) >= 11 is 1.37. The number of carbonyl (C=O) groups is 1. The zero-order valence-corrected chi connectivity index (χ0v) is 13.3. The maximum Gasteiger partial charge on any atom is 0.229 e. The number of hydrogen-bond donors (Lipinski definition) is 1. The third-order valence-electron chi connectivity index (χ3n) is 3.33. The Hall–Kier alpha value is -2.39. The maximum atomic E-state index is 13.6. The van der Waals surface area contributed by atoms with Gasteiger partial charge in [0.1, 0.15) is 11.1 Å². The Bertz CT molecular complexity index is 762. The summed E-state index contributed by atoms with van der Waals surface area (Å²) in [6.45, 7) is 3.74. The van der Waals surface area contributed by atoms with Gasteiger partial charge in [-0.05, 0) is 37.1 Å². The number of hydrogen-bond acceptors (Lipinski definition) is 4. The van der Waals surface area contributed by atoms with Gasteiger partial charge in [-0.3, -0.25) is 4.79 Å². The number of ether oxygens (including phenoxy) is 1. The zero-order valence-electron chi connectivity index (χ0n) is 12.5. The lowest BCUT2D eigenvalue weighted by Gasteiger charge is -2.06. The van der Waals surface area contributed by atoms with Crippen LogP contribution >= 0.6 is 11.3 Å². The van der Waals surface area contributed by atoms with Gasteiger partial charge in [0.25, 0.3) is 0 Å². The number of benzene rings is 1. The molecular formula is C16H15FN2O2S. The zero-order chi connectivity index (χ0) is 16.3. The monoisotopic (exact) mass is 318 g/mol. The van der Waals surface area contributed by atoms with Crippen molar-refractivity contribution in [1.82, 2.24) is 0 Å². The third kappa shape index (κ3) is 3.26. The van der Waals surface area contributed by atoms with Crippen LogP contribution in [0, 0.1) is 31.0 Å². The van der Waals surface area contributed by atoms with Gasteiger partial charge in [0, 0.05) is 4.88 Å². The minimum absolute atomic E-state index is 0.0295. The molecule has 1 amide bonds. The predicted octanol–water partition coefficient (Wildman–Crippen LogP) is 3.57. The summed E-state index contributed by atoms with van der Waals surface area (Å²) in [5.74, 6) is -0.656. The smallest absolute Gasteiger partial charge is 0.229 e. The number of aryl methyl sites for hydroxylation is 1. The van der Waals surface area contributed by atoms with Crippen LogP contribution in [-0.2, 0) is 11.2 Å². The molecule has 2 aromatic rings. The molecule has 1 aromatic heterocycles. The summed E-state index contributed by atoms with van der Waals surface area (Å²) in [6.07, 6.45) is 0.0295. The molecule has 0 saturated heterocycles. The van der Waals surface area contributed by atoms with Gasteiger partial charge in [-0.25, -0.2) is 4.39 Å². The number of methoxy groups -OCH3 is 1. The second-order valence-electron chi connectivity index (χ2n) is 4.79. The van der Waals surface area contributed by atoms with Gasteiger partial charge >= 0.3 is 0 Å². The van der Waals surface area contributed by atoms with Crippen molar-refractivity contribution in [3.63, 3.8) is 0 Å². The lowest BCUT2D eigenvalue weighted by atomic mass is 10.1. The number of carbonyl (C=O) groups excluding carboxylic acids is 1. The van der Waals surface area contributed by atoms with Gasteiger partial charge in [0.15, 0.2) is 11.6 Å². The average Bonchev–Trinajstić information content (AvgIpc) is 2.73. The normalized spacial score (nSPS) is 10.1. The predicted molar refractivity (Wildman–Crippen MR) is 83.8 cm³/mol. The molecule has 114 valence electrons. The van der Waals surface area contributed by atoms with Crippen molar-refractivity contribution in [2.45, 2.75) is 20.3 Å². The lowest BCUT2D eigenvalue weighted by Crippen LogP contribution is -2.14. The van der Waals surface area contributed by atoms with Crippen molar-refractivity contribution in [2.75, 3.05) is 12.4 Å². The van der Waals surface area contributed by atoms with E-state index in [1.54, 1.807) is 6.07 Å². The number of amides is 1. The van der Waals surface area contributed by atoms with E-state index in [0.717, 1.165) is 10.4 Å². The number of nitrogens with zero attached hydrogens (tertiary/aromatic N) is 1. The first-order valence-electron chi connectivity index (χ1n) is 6.58. The first-order valence-corrected chi connectivity index (χ1v) is 7.40. The summed E-state index contributed by atoms with van der Waals surface area (Å²) in [7, 11) is 1.38. The van der Waals surface area contributed by atoms with Crippen molar-refractivity contribution >= 4 is 22.2 Å². The van der Waals surface area contributed by atoms with E-state index in [1.165, 1.54) is 30.6 Å². The first-order chi connectivity index (χ1) is 10.5.